The fraction of sp³-hybridized carbons (Fsp3) is 1.00. The van der Waals surface area contributed by atoms with Crippen molar-refractivity contribution in [3.63, 3.8) is 0 Å². The van der Waals surface area contributed by atoms with Gasteiger partial charge >= 0.3 is 0 Å². The minimum absolute atomic E-state index is 0.795. The second-order valence-corrected chi connectivity index (χ2v) is 13.2. The minimum Gasteiger partial charge on any atom is -0.338 e. The predicted octanol–water partition coefficient (Wildman–Crippen LogP) is 7.58. The molecule has 0 radical (unpaired) electrons. The van der Waals surface area contributed by atoms with Crippen LogP contribution in [0.25, 0.3) is 0 Å². The van der Waals surface area contributed by atoms with Gasteiger partial charge < -0.3 is 9.79 Å². The molecular weight excluding hydrogens is 355 g/mol. The van der Waals surface area contributed by atoms with E-state index in [4.69, 9.17) is 9.79 Å². The molecule has 0 aliphatic heterocycles. The number of unbranched alkanes of at least 4 members (excludes halogenated alkanes) is 16. The molecule has 0 aromatic heterocycles. The van der Waals surface area contributed by atoms with Crippen LogP contribution in [-0.2, 0) is 11.8 Å². The van der Waals surface area contributed by atoms with Crippen molar-refractivity contribution in [2.75, 3.05) is 5.75 Å². The molecule has 0 fully saturated rings. The maximum atomic E-state index is 9.10. The van der Waals surface area contributed by atoms with Crippen LogP contribution in [0.5, 0.6) is 0 Å². The van der Waals surface area contributed by atoms with Gasteiger partial charge in [0.2, 0.25) is 5.69 Å². The van der Waals surface area contributed by atoms with Gasteiger partial charge in [0.25, 0.3) is 0 Å². The smallest absolute Gasteiger partial charge is 0.242 e. The highest BCUT2D eigenvalue weighted by molar-refractivity contribution is 8.67. The van der Waals surface area contributed by atoms with E-state index in [1.807, 2.05) is 0 Å². The Labute approximate surface area is 160 Å². The van der Waals surface area contributed by atoms with Crippen molar-refractivity contribution in [1.29, 1.82) is 0 Å². The predicted molar refractivity (Wildman–Crippen MR) is 115 cm³/mol. The van der Waals surface area contributed by atoms with Crippen LogP contribution in [0.2, 0.25) is 0 Å². The minimum atomic E-state index is -3.01. The largest absolute Gasteiger partial charge is 0.338 e. The summed E-state index contributed by atoms with van der Waals surface area (Å²) in [5.74, 6) is 0.795. The van der Waals surface area contributed by atoms with E-state index < -0.39 is 5.69 Å². The molecule has 5 heteroatoms. The van der Waals surface area contributed by atoms with Crippen molar-refractivity contribution in [3.8, 4) is 0 Å². The lowest BCUT2D eigenvalue weighted by molar-refractivity contribution is 0.502. The third-order valence-corrected chi connectivity index (χ3v) is 7.82. The molecule has 2 N–H and O–H groups in total. The molecule has 0 rings (SSSR count). The van der Waals surface area contributed by atoms with Crippen LogP contribution in [0, 0.1) is 0 Å². The molecule has 0 saturated heterocycles. The third kappa shape index (κ3) is 22.9. The summed E-state index contributed by atoms with van der Waals surface area (Å²) >= 11 is 5.74. The molecule has 0 aromatic rings. The maximum absolute atomic E-state index is 9.10. The molecule has 0 aliphatic carbocycles. The summed E-state index contributed by atoms with van der Waals surface area (Å²) in [4.78, 5) is 18.2. The topological polar surface area (TPSA) is 40.5 Å². The number of hydrogen-bond acceptors (Lipinski definition) is 2. The number of hydrogen-bond donors (Lipinski definition) is 2. The lowest BCUT2D eigenvalue weighted by Crippen LogP contribution is -1.85. The summed E-state index contributed by atoms with van der Waals surface area (Å²) in [5, 5.41) is 0. The maximum Gasteiger partial charge on any atom is 0.242 e. The second-order valence-electron chi connectivity index (χ2n) is 6.98. The van der Waals surface area contributed by atoms with Crippen molar-refractivity contribution >= 4 is 28.9 Å². The molecule has 0 aliphatic rings. The van der Waals surface area contributed by atoms with Gasteiger partial charge in [0.1, 0.15) is 0 Å². The molecule has 24 heavy (non-hydrogen) atoms. The van der Waals surface area contributed by atoms with Crippen molar-refractivity contribution in [1.82, 2.24) is 0 Å². The van der Waals surface area contributed by atoms with E-state index in [2.05, 4.69) is 18.7 Å². The van der Waals surface area contributed by atoms with E-state index in [-0.39, 0.29) is 0 Å². The molecule has 0 aromatic carbocycles. The van der Waals surface area contributed by atoms with E-state index in [1.165, 1.54) is 103 Å². The molecule has 2 nitrogen and oxygen atoms in total. The van der Waals surface area contributed by atoms with Gasteiger partial charge in [-0.3, -0.25) is 0 Å². The molecule has 146 valence electrons. The highest BCUT2D eigenvalue weighted by atomic mass is 32.9. The molecule has 0 heterocycles. The Morgan fingerprint density at radius 2 is 0.875 bits per heavy atom. The fourth-order valence-electron chi connectivity index (χ4n) is 3.01. The highest BCUT2D eigenvalue weighted by Gasteiger charge is 2.06. The summed E-state index contributed by atoms with van der Waals surface area (Å²) in [7, 11) is 0. The lowest BCUT2D eigenvalue weighted by Gasteiger charge is -2.06. The molecule has 0 bridgehead atoms. The van der Waals surface area contributed by atoms with Crippen LogP contribution < -0.4 is 0 Å². The Bertz CT molecular complexity index is 295. The van der Waals surface area contributed by atoms with Crippen molar-refractivity contribution in [2.24, 2.45) is 0 Å². The van der Waals surface area contributed by atoms with E-state index in [9.17, 15) is 0 Å². The zero-order valence-electron chi connectivity index (χ0n) is 15.9. The Kier molecular flexibility index (Phi) is 19.4. The average molecular weight is 397 g/mol. The summed E-state index contributed by atoms with van der Waals surface area (Å²) in [6, 6.07) is 0. The first kappa shape index (κ1) is 24.9. The van der Waals surface area contributed by atoms with Crippen LogP contribution in [0.3, 0.4) is 0 Å². The van der Waals surface area contributed by atoms with Crippen LogP contribution >= 0.6 is 17.1 Å². The van der Waals surface area contributed by atoms with Crippen molar-refractivity contribution < 1.29 is 9.79 Å². The van der Waals surface area contributed by atoms with Crippen LogP contribution in [-0.4, -0.2) is 15.5 Å². The monoisotopic (exact) mass is 396 g/mol. The normalized spacial score (nSPS) is 12.0. The first-order valence-electron chi connectivity index (χ1n) is 10.3. The Morgan fingerprint density at radius 3 is 1.17 bits per heavy atom. The van der Waals surface area contributed by atoms with Gasteiger partial charge in [0.05, 0.1) is 0 Å². The molecule has 0 atom stereocenters. The van der Waals surface area contributed by atoms with E-state index in [0.29, 0.717) is 0 Å². The Balaban J connectivity index is 3.02. The molecule has 0 unspecified atom stereocenters. The highest BCUT2D eigenvalue weighted by Crippen LogP contribution is 2.50. The average Bonchev–Trinajstić information content (AvgIpc) is 2.52. The quantitative estimate of drug-likeness (QED) is 0.174. The molecule has 0 spiro atoms. The van der Waals surface area contributed by atoms with Gasteiger partial charge in [0.15, 0.2) is 0 Å². The zero-order chi connectivity index (χ0) is 17.9. The molecule has 0 amide bonds. The first-order chi connectivity index (χ1) is 11.6. The van der Waals surface area contributed by atoms with Crippen molar-refractivity contribution in [3.05, 3.63) is 0 Å². The summed E-state index contributed by atoms with van der Waals surface area (Å²) < 4.78 is 0. The molecule has 0 saturated carbocycles. The van der Waals surface area contributed by atoms with E-state index in [1.54, 1.807) is 0 Å². The first-order valence-corrected chi connectivity index (χ1v) is 14.6. The number of rotatable bonds is 19. The Hall–Kier alpha value is 0.920. The zero-order valence-corrected chi connectivity index (χ0v) is 18.4. The SMILES string of the molecule is CCCCCCCCCCCCCCCCCCCSP(O)(O)=S. The van der Waals surface area contributed by atoms with Gasteiger partial charge in [-0.2, -0.15) is 0 Å². The van der Waals surface area contributed by atoms with Gasteiger partial charge in [-0.25, -0.2) is 0 Å². The summed E-state index contributed by atoms with van der Waals surface area (Å²) in [6.07, 6.45) is 23.3. The van der Waals surface area contributed by atoms with E-state index in [0.717, 1.165) is 23.6 Å². The van der Waals surface area contributed by atoms with E-state index >= 15 is 0 Å². The van der Waals surface area contributed by atoms with Crippen LogP contribution in [0.4, 0.5) is 0 Å². The van der Waals surface area contributed by atoms with Gasteiger partial charge in [0, 0.05) is 5.75 Å². The van der Waals surface area contributed by atoms with Gasteiger partial charge in [-0.1, -0.05) is 121 Å². The van der Waals surface area contributed by atoms with Gasteiger partial charge in [-0.05, 0) is 18.2 Å². The third-order valence-electron chi connectivity index (χ3n) is 4.51. The summed E-state index contributed by atoms with van der Waals surface area (Å²) in [5.41, 5.74) is -3.01. The van der Waals surface area contributed by atoms with Crippen LogP contribution in [0.15, 0.2) is 0 Å². The van der Waals surface area contributed by atoms with Gasteiger partial charge in [-0.15, -0.1) is 0 Å². The second kappa shape index (κ2) is 18.7. The van der Waals surface area contributed by atoms with Crippen LogP contribution in [0.1, 0.15) is 116 Å². The molecular formula is C19H41O2PS2. The van der Waals surface area contributed by atoms with Crippen molar-refractivity contribution in [2.45, 2.75) is 116 Å². The standard InChI is InChI=1S/C19H41O2PS2/c1-2-3-4-5-6-7-8-9-10-11-12-13-14-15-16-17-18-19-24-22(20,21)23/h2-19H2,1H3,(H2,20,21,23). The lowest BCUT2D eigenvalue weighted by atomic mass is 10.0. The summed E-state index contributed by atoms with van der Waals surface area (Å²) in [6.45, 7) is 2.28. The fourth-order valence-corrected chi connectivity index (χ4v) is 5.35. The Morgan fingerprint density at radius 1 is 0.583 bits per heavy atom.